The van der Waals surface area contributed by atoms with Crippen molar-refractivity contribution in [1.29, 1.82) is 0 Å². The molecule has 1 aromatic rings. The van der Waals surface area contributed by atoms with Crippen molar-refractivity contribution in [2.24, 2.45) is 0 Å². The van der Waals surface area contributed by atoms with Gasteiger partial charge in [-0.1, -0.05) is 0 Å². The van der Waals surface area contributed by atoms with Crippen LogP contribution >= 0.6 is 0 Å². The van der Waals surface area contributed by atoms with Crippen molar-refractivity contribution < 1.29 is 23.0 Å². The number of carbonyl (C=O) groups excluding carboxylic acids is 1. The Morgan fingerprint density at radius 1 is 1.33 bits per heavy atom. The summed E-state index contributed by atoms with van der Waals surface area (Å²) in [6.45, 7) is 5.34. The molecule has 0 saturated carbocycles. The number of carbonyl (C=O) groups is 1. The maximum atomic E-state index is 14.2. The summed E-state index contributed by atoms with van der Waals surface area (Å²) in [5.41, 5.74) is -1.38. The Morgan fingerprint density at radius 3 is 2.57 bits per heavy atom. The van der Waals surface area contributed by atoms with Crippen LogP contribution in [0, 0.1) is 18.6 Å². The topological polar surface area (TPSA) is 47.6 Å². The summed E-state index contributed by atoms with van der Waals surface area (Å²) in [5, 5.41) is 2.88. The first-order valence-electron chi connectivity index (χ1n) is 6.74. The van der Waals surface area contributed by atoms with Gasteiger partial charge in [-0.25, -0.2) is 13.6 Å². The quantitative estimate of drug-likeness (QED) is 0.620. The molecule has 1 atom stereocenters. The molecule has 0 spiro atoms. The minimum Gasteiger partial charge on any atom is -0.464 e. The van der Waals surface area contributed by atoms with Gasteiger partial charge in [0, 0.05) is 19.2 Å². The third-order valence-corrected chi connectivity index (χ3v) is 3.26. The van der Waals surface area contributed by atoms with E-state index in [1.165, 1.54) is 21.0 Å². The monoisotopic (exact) mass is 301 g/mol. The van der Waals surface area contributed by atoms with Crippen molar-refractivity contribution in [3.63, 3.8) is 0 Å². The molecule has 1 aromatic carbocycles. The van der Waals surface area contributed by atoms with E-state index in [2.05, 4.69) is 5.32 Å². The van der Waals surface area contributed by atoms with E-state index in [0.29, 0.717) is 13.2 Å². The lowest BCUT2D eigenvalue weighted by atomic mass is 9.90. The predicted molar refractivity (Wildman–Crippen MR) is 75.0 cm³/mol. The molecule has 1 rings (SSSR count). The average Bonchev–Trinajstić information content (AvgIpc) is 2.43. The Balaban J connectivity index is 3.22. The van der Waals surface area contributed by atoms with Crippen LogP contribution in [0.5, 0.6) is 0 Å². The molecule has 1 unspecified atom stereocenters. The number of benzene rings is 1. The van der Waals surface area contributed by atoms with Crippen molar-refractivity contribution in [2.45, 2.75) is 26.3 Å². The molecular formula is C15H21F2NO3. The second-order valence-corrected chi connectivity index (χ2v) is 4.85. The molecule has 0 bridgehead atoms. The highest BCUT2D eigenvalue weighted by atomic mass is 19.1. The largest absolute Gasteiger partial charge is 0.464 e. The van der Waals surface area contributed by atoms with Crippen LogP contribution in [0.4, 0.5) is 8.78 Å². The molecule has 21 heavy (non-hydrogen) atoms. The summed E-state index contributed by atoms with van der Waals surface area (Å²) < 4.78 is 37.8. The minimum atomic E-state index is -1.48. The van der Waals surface area contributed by atoms with Gasteiger partial charge in [0.1, 0.15) is 17.2 Å². The number of aryl methyl sites for hydroxylation is 1. The van der Waals surface area contributed by atoms with Gasteiger partial charge in [0.15, 0.2) is 0 Å². The molecule has 0 aliphatic carbocycles. The zero-order valence-electron chi connectivity index (χ0n) is 12.8. The Morgan fingerprint density at radius 2 is 2.00 bits per heavy atom. The third kappa shape index (κ3) is 3.98. The fourth-order valence-corrected chi connectivity index (χ4v) is 1.99. The molecule has 0 radical (unpaired) electrons. The fourth-order valence-electron chi connectivity index (χ4n) is 1.99. The average molecular weight is 301 g/mol. The summed E-state index contributed by atoms with van der Waals surface area (Å²) in [6, 6.07) is 2.10. The van der Waals surface area contributed by atoms with Crippen LogP contribution in [-0.2, 0) is 19.8 Å². The van der Waals surface area contributed by atoms with Gasteiger partial charge in [0.25, 0.3) is 0 Å². The smallest absolute Gasteiger partial charge is 0.330 e. The molecule has 0 saturated heterocycles. The summed E-state index contributed by atoms with van der Waals surface area (Å²) in [5.74, 6) is -1.90. The maximum absolute atomic E-state index is 14.2. The number of nitrogens with one attached hydrogen (secondary N) is 1. The van der Waals surface area contributed by atoms with Crippen LogP contribution < -0.4 is 5.32 Å². The molecule has 118 valence electrons. The summed E-state index contributed by atoms with van der Waals surface area (Å²) >= 11 is 0. The lowest BCUT2D eigenvalue weighted by Crippen LogP contribution is -2.49. The Labute approximate surface area is 123 Å². The molecule has 0 aromatic heterocycles. The van der Waals surface area contributed by atoms with Gasteiger partial charge in [-0.15, -0.1) is 0 Å². The van der Waals surface area contributed by atoms with E-state index in [4.69, 9.17) is 9.47 Å². The lowest BCUT2D eigenvalue weighted by Gasteiger charge is -2.29. The highest BCUT2D eigenvalue weighted by Crippen LogP contribution is 2.27. The lowest BCUT2D eigenvalue weighted by molar-refractivity contribution is -0.151. The van der Waals surface area contributed by atoms with E-state index in [1.54, 1.807) is 6.92 Å². The molecule has 0 fully saturated rings. The minimum absolute atomic E-state index is 0.0832. The van der Waals surface area contributed by atoms with Crippen LogP contribution in [-0.4, -0.2) is 32.8 Å². The van der Waals surface area contributed by atoms with E-state index < -0.39 is 23.1 Å². The van der Waals surface area contributed by atoms with Gasteiger partial charge < -0.3 is 9.47 Å². The zero-order valence-corrected chi connectivity index (χ0v) is 12.8. The van der Waals surface area contributed by atoms with Crippen LogP contribution in [0.3, 0.4) is 0 Å². The van der Waals surface area contributed by atoms with Crippen molar-refractivity contribution in [2.75, 3.05) is 26.9 Å². The number of ether oxygens (including phenoxy) is 2. The first kappa shape index (κ1) is 17.5. The second kappa shape index (κ2) is 7.47. The van der Waals surface area contributed by atoms with E-state index >= 15 is 0 Å². The predicted octanol–water partition coefficient (Wildman–Crippen LogP) is 2.29. The molecule has 0 heterocycles. The highest BCUT2D eigenvalue weighted by Gasteiger charge is 2.39. The SMILES string of the molecule is CCOC(=O)C(C)(NCCOC)c1cc(F)c(C)cc1F. The van der Waals surface area contributed by atoms with Crippen LogP contribution in [0.25, 0.3) is 0 Å². The Bertz CT molecular complexity index is 508. The number of hydrogen-bond donors (Lipinski definition) is 1. The number of methoxy groups -OCH3 is 1. The van der Waals surface area contributed by atoms with Gasteiger partial charge in [-0.2, -0.15) is 0 Å². The van der Waals surface area contributed by atoms with Crippen molar-refractivity contribution in [3.8, 4) is 0 Å². The van der Waals surface area contributed by atoms with Crippen molar-refractivity contribution in [1.82, 2.24) is 5.32 Å². The Kier molecular flexibility index (Phi) is 6.23. The first-order chi connectivity index (χ1) is 9.86. The Hall–Kier alpha value is -1.53. The highest BCUT2D eigenvalue weighted by molar-refractivity contribution is 5.82. The van der Waals surface area contributed by atoms with Crippen molar-refractivity contribution in [3.05, 3.63) is 34.9 Å². The van der Waals surface area contributed by atoms with E-state index in [1.807, 2.05) is 0 Å². The first-order valence-corrected chi connectivity index (χ1v) is 6.74. The number of esters is 1. The van der Waals surface area contributed by atoms with E-state index in [-0.39, 0.29) is 17.7 Å². The maximum Gasteiger partial charge on any atom is 0.330 e. The molecular weight excluding hydrogens is 280 g/mol. The summed E-state index contributed by atoms with van der Waals surface area (Å²) in [7, 11) is 1.51. The summed E-state index contributed by atoms with van der Waals surface area (Å²) in [4.78, 5) is 12.2. The molecule has 0 aliphatic heterocycles. The number of rotatable bonds is 7. The van der Waals surface area contributed by atoms with Crippen LogP contribution in [0.15, 0.2) is 12.1 Å². The fraction of sp³-hybridized carbons (Fsp3) is 0.533. The molecule has 0 amide bonds. The van der Waals surface area contributed by atoms with Gasteiger partial charge >= 0.3 is 5.97 Å². The van der Waals surface area contributed by atoms with Crippen LogP contribution in [0.2, 0.25) is 0 Å². The molecule has 6 heteroatoms. The van der Waals surface area contributed by atoms with E-state index in [0.717, 1.165) is 12.1 Å². The number of halogens is 2. The van der Waals surface area contributed by atoms with Gasteiger partial charge in [-0.05, 0) is 38.5 Å². The number of hydrogen-bond acceptors (Lipinski definition) is 4. The second-order valence-electron chi connectivity index (χ2n) is 4.85. The van der Waals surface area contributed by atoms with Gasteiger partial charge in [0.2, 0.25) is 0 Å². The normalized spacial score (nSPS) is 13.8. The van der Waals surface area contributed by atoms with Crippen molar-refractivity contribution >= 4 is 5.97 Å². The van der Waals surface area contributed by atoms with E-state index in [9.17, 15) is 13.6 Å². The molecule has 0 aliphatic rings. The third-order valence-electron chi connectivity index (χ3n) is 3.26. The van der Waals surface area contributed by atoms with Gasteiger partial charge in [0.05, 0.1) is 13.2 Å². The van der Waals surface area contributed by atoms with Crippen LogP contribution in [0.1, 0.15) is 25.0 Å². The molecule has 4 nitrogen and oxygen atoms in total. The standard InChI is InChI=1S/C15H21F2NO3/c1-5-21-14(19)15(3,18-6-7-20-4)11-9-12(16)10(2)8-13(11)17/h8-9,18H,5-7H2,1-4H3. The zero-order chi connectivity index (χ0) is 16.0. The molecule has 1 N–H and O–H groups in total. The van der Waals surface area contributed by atoms with Gasteiger partial charge in [-0.3, -0.25) is 5.32 Å². The summed E-state index contributed by atoms with van der Waals surface area (Å²) in [6.07, 6.45) is 0.